The molecule has 0 bridgehead atoms. The topological polar surface area (TPSA) is 52.5 Å². The maximum absolute atomic E-state index is 13.9. The number of para-hydroxylation sites is 1. The Balaban J connectivity index is 1.87. The third-order valence-corrected chi connectivity index (χ3v) is 3.88. The summed E-state index contributed by atoms with van der Waals surface area (Å²) in [5.41, 5.74) is 7.83. The smallest absolute Gasteiger partial charge is 0.165 e. The summed E-state index contributed by atoms with van der Waals surface area (Å²) in [4.78, 5) is 0. The molecule has 4 aromatic rings. The molecule has 6 heteroatoms. The van der Waals surface area contributed by atoms with E-state index in [1.54, 1.807) is 53.3 Å². The second-order valence-electron chi connectivity index (χ2n) is 5.49. The summed E-state index contributed by atoms with van der Waals surface area (Å²) in [6.45, 7) is 0. The highest BCUT2D eigenvalue weighted by Crippen LogP contribution is 2.35. The van der Waals surface area contributed by atoms with E-state index >= 15 is 0 Å². The van der Waals surface area contributed by atoms with E-state index in [2.05, 4.69) is 5.10 Å². The predicted molar refractivity (Wildman–Crippen MR) is 91.5 cm³/mol. The van der Waals surface area contributed by atoms with Gasteiger partial charge in [0, 0.05) is 17.8 Å². The molecule has 2 N–H and O–H groups in total. The van der Waals surface area contributed by atoms with Crippen LogP contribution in [0.25, 0.3) is 16.6 Å². The van der Waals surface area contributed by atoms with Crippen molar-refractivity contribution in [1.29, 1.82) is 0 Å². The van der Waals surface area contributed by atoms with Gasteiger partial charge in [-0.3, -0.25) is 0 Å². The van der Waals surface area contributed by atoms with Crippen LogP contribution in [0.15, 0.2) is 67.0 Å². The number of hydrogen-bond acceptors (Lipinski definition) is 3. The number of ether oxygens (including phenoxy) is 1. The van der Waals surface area contributed by atoms with E-state index in [4.69, 9.17) is 10.5 Å². The summed E-state index contributed by atoms with van der Waals surface area (Å²) < 4.78 is 34.7. The van der Waals surface area contributed by atoms with E-state index in [-0.39, 0.29) is 11.4 Å². The Kier molecular flexibility index (Phi) is 3.57. The summed E-state index contributed by atoms with van der Waals surface area (Å²) in [5, 5.41) is 4.23. The molecule has 0 saturated heterocycles. The van der Waals surface area contributed by atoms with E-state index in [0.717, 1.165) is 5.56 Å². The molecule has 2 aromatic heterocycles. The van der Waals surface area contributed by atoms with Crippen LogP contribution in [0.2, 0.25) is 0 Å². The number of aromatic nitrogens is 2. The summed E-state index contributed by atoms with van der Waals surface area (Å²) in [5.74, 6) is -0.394. The predicted octanol–water partition coefficient (Wildman–Crippen LogP) is 4.65. The van der Waals surface area contributed by atoms with Crippen LogP contribution in [-0.4, -0.2) is 9.61 Å². The Bertz CT molecular complexity index is 1080. The van der Waals surface area contributed by atoms with Gasteiger partial charge in [-0.2, -0.15) is 5.10 Å². The van der Waals surface area contributed by atoms with Gasteiger partial charge in [0.1, 0.15) is 11.3 Å². The minimum atomic E-state index is -0.479. The quantitative estimate of drug-likeness (QED) is 0.554. The largest absolute Gasteiger partial charge is 0.452 e. The molecule has 0 aliphatic carbocycles. The molecule has 0 atom stereocenters. The standard InChI is InChI=1S/C19H13F2N3O/c20-14-6-5-12(11-16(14)22)13-8-10-24-19(13)18(7-9-23-24)25-17-4-2-1-3-15(17)21/h1-11H,22H2. The first-order valence-electron chi connectivity index (χ1n) is 7.57. The molecule has 2 heterocycles. The van der Waals surface area contributed by atoms with Crippen LogP contribution in [0, 0.1) is 11.6 Å². The zero-order valence-electron chi connectivity index (χ0n) is 13.0. The number of hydrogen-bond donors (Lipinski definition) is 1. The van der Waals surface area contributed by atoms with Crippen molar-refractivity contribution in [1.82, 2.24) is 9.61 Å². The molecule has 4 rings (SSSR count). The second kappa shape index (κ2) is 5.90. The minimum absolute atomic E-state index is 0.0531. The van der Waals surface area contributed by atoms with Crippen LogP contribution >= 0.6 is 0 Å². The molecule has 0 aliphatic rings. The molecule has 4 nitrogen and oxygen atoms in total. The van der Waals surface area contributed by atoms with Gasteiger partial charge in [-0.05, 0) is 35.9 Å². The van der Waals surface area contributed by atoms with Gasteiger partial charge in [0.2, 0.25) is 0 Å². The Hall–Kier alpha value is -3.41. The van der Waals surface area contributed by atoms with Crippen LogP contribution in [0.1, 0.15) is 0 Å². The molecular formula is C19H13F2N3O. The number of halogens is 2. The average Bonchev–Trinajstić information content (AvgIpc) is 3.04. The van der Waals surface area contributed by atoms with Crippen molar-refractivity contribution < 1.29 is 13.5 Å². The number of nitrogen functional groups attached to an aromatic ring is 1. The fraction of sp³-hybridized carbons (Fsp3) is 0. The molecule has 0 aliphatic heterocycles. The lowest BCUT2D eigenvalue weighted by atomic mass is 10.1. The van der Waals surface area contributed by atoms with Gasteiger partial charge in [-0.25, -0.2) is 13.3 Å². The molecule has 0 saturated carbocycles. The lowest BCUT2D eigenvalue weighted by Crippen LogP contribution is -1.95. The van der Waals surface area contributed by atoms with Crippen molar-refractivity contribution in [3.63, 3.8) is 0 Å². The van der Waals surface area contributed by atoms with Gasteiger partial charge >= 0.3 is 0 Å². The van der Waals surface area contributed by atoms with Gasteiger partial charge in [0.25, 0.3) is 0 Å². The van der Waals surface area contributed by atoms with Crippen molar-refractivity contribution in [2.45, 2.75) is 0 Å². The number of nitrogens with two attached hydrogens (primary N) is 1. The van der Waals surface area contributed by atoms with Crippen molar-refractivity contribution in [2.24, 2.45) is 0 Å². The summed E-state index contributed by atoms with van der Waals surface area (Å²) in [7, 11) is 0. The lowest BCUT2D eigenvalue weighted by Gasteiger charge is -2.10. The summed E-state index contributed by atoms with van der Waals surface area (Å²) in [6, 6.07) is 14.1. The summed E-state index contributed by atoms with van der Waals surface area (Å²) in [6.07, 6.45) is 3.31. The Morgan fingerprint density at radius 1 is 0.920 bits per heavy atom. The summed E-state index contributed by atoms with van der Waals surface area (Å²) >= 11 is 0. The van der Waals surface area contributed by atoms with Crippen LogP contribution in [-0.2, 0) is 0 Å². The first-order chi connectivity index (χ1) is 12.1. The maximum atomic E-state index is 13.9. The van der Waals surface area contributed by atoms with Crippen molar-refractivity contribution in [2.75, 3.05) is 5.73 Å². The highest BCUT2D eigenvalue weighted by molar-refractivity contribution is 5.86. The molecule has 0 radical (unpaired) electrons. The number of benzene rings is 2. The highest BCUT2D eigenvalue weighted by atomic mass is 19.1. The SMILES string of the molecule is Nc1cc(-c2ccn3nccc(Oc4ccccc4F)c23)ccc1F. The molecule has 0 spiro atoms. The van der Waals surface area contributed by atoms with Crippen molar-refractivity contribution in [3.8, 4) is 22.6 Å². The molecule has 2 aromatic carbocycles. The molecule has 25 heavy (non-hydrogen) atoms. The maximum Gasteiger partial charge on any atom is 0.165 e. The fourth-order valence-electron chi connectivity index (χ4n) is 2.69. The van der Waals surface area contributed by atoms with Gasteiger partial charge in [-0.1, -0.05) is 18.2 Å². The number of nitrogens with zero attached hydrogens (tertiary/aromatic N) is 2. The van der Waals surface area contributed by atoms with E-state index in [0.29, 0.717) is 16.8 Å². The zero-order valence-corrected chi connectivity index (χ0v) is 13.0. The van der Waals surface area contributed by atoms with Crippen LogP contribution in [0.3, 0.4) is 0 Å². The van der Waals surface area contributed by atoms with Gasteiger partial charge in [-0.15, -0.1) is 0 Å². The van der Waals surface area contributed by atoms with Crippen molar-refractivity contribution >= 4 is 11.2 Å². The van der Waals surface area contributed by atoms with E-state index in [1.807, 2.05) is 6.07 Å². The monoisotopic (exact) mass is 337 g/mol. The van der Waals surface area contributed by atoms with Crippen LogP contribution < -0.4 is 10.5 Å². The number of fused-ring (bicyclic) bond motifs is 1. The Morgan fingerprint density at radius 2 is 1.76 bits per heavy atom. The average molecular weight is 337 g/mol. The van der Waals surface area contributed by atoms with E-state index < -0.39 is 11.6 Å². The third-order valence-electron chi connectivity index (χ3n) is 3.88. The molecular weight excluding hydrogens is 324 g/mol. The lowest BCUT2D eigenvalue weighted by molar-refractivity contribution is 0.444. The Labute approximate surface area is 142 Å². The van der Waals surface area contributed by atoms with Gasteiger partial charge < -0.3 is 10.5 Å². The highest BCUT2D eigenvalue weighted by Gasteiger charge is 2.14. The van der Waals surface area contributed by atoms with Crippen LogP contribution in [0.5, 0.6) is 11.5 Å². The van der Waals surface area contributed by atoms with Gasteiger partial charge in [0.15, 0.2) is 17.3 Å². The number of rotatable bonds is 3. The first kappa shape index (κ1) is 15.1. The fourth-order valence-corrected chi connectivity index (χ4v) is 2.69. The van der Waals surface area contributed by atoms with Crippen LogP contribution in [0.4, 0.5) is 14.5 Å². The third kappa shape index (κ3) is 2.67. The normalized spacial score (nSPS) is 11.0. The van der Waals surface area contributed by atoms with E-state index in [1.165, 1.54) is 12.1 Å². The molecule has 0 amide bonds. The zero-order chi connectivity index (χ0) is 17.4. The van der Waals surface area contributed by atoms with Gasteiger partial charge in [0.05, 0.1) is 11.9 Å². The Morgan fingerprint density at radius 3 is 2.56 bits per heavy atom. The first-order valence-corrected chi connectivity index (χ1v) is 7.57. The second-order valence-corrected chi connectivity index (χ2v) is 5.49. The molecule has 0 unspecified atom stereocenters. The number of anilines is 1. The molecule has 0 fully saturated rings. The van der Waals surface area contributed by atoms with E-state index in [9.17, 15) is 8.78 Å². The molecule has 124 valence electrons. The van der Waals surface area contributed by atoms with Crippen molar-refractivity contribution in [3.05, 3.63) is 78.6 Å². The minimum Gasteiger partial charge on any atom is -0.452 e.